The molecule has 18 heavy (non-hydrogen) atoms. The Balaban J connectivity index is 2.22. The zero-order valence-electron chi connectivity index (χ0n) is 11.6. The monoisotopic (exact) mass is 248 g/mol. The van der Waals surface area contributed by atoms with E-state index in [-0.39, 0.29) is 5.91 Å². The highest BCUT2D eigenvalue weighted by Gasteiger charge is 2.05. The first-order chi connectivity index (χ1) is 8.61. The summed E-state index contributed by atoms with van der Waals surface area (Å²) in [6, 6.07) is 8.35. The minimum absolute atomic E-state index is 0.138. The van der Waals surface area contributed by atoms with Crippen LogP contribution in [0, 0.1) is 12.8 Å². The molecule has 0 heterocycles. The number of amides is 1. The normalized spacial score (nSPS) is 12.2. The first-order valence-corrected chi connectivity index (χ1v) is 6.58. The van der Waals surface area contributed by atoms with Gasteiger partial charge in [0.25, 0.3) is 0 Å². The fourth-order valence-electron chi connectivity index (χ4n) is 1.81. The van der Waals surface area contributed by atoms with Crippen molar-refractivity contribution in [2.24, 2.45) is 5.92 Å². The van der Waals surface area contributed by atoms with E-state index in [0.717, 1.165) is 19.5 Å². The lowest BCUT2D eigenvalue weighted by Gasteiger charge is -2.11. The smallest absolute Gasteiger partial charge is 0.220 e. The molecule has 0 radical (unpaired) electrons. The largest absolute Gasteiger partial charge is 0.356 e. The number of benzene rings is 1. The van der Waals surface area contributed by atoms with E-state index < -0.39 is 0 Å². The van der Waals surface area contributed by atoms with Gasteiger partial charge in [0.05, 0.1) is 0 Å². The summed E-state index contributed by atoms with van der Waals surface area (Å²) in [5, 5.41) is 6.07. The molecule has 0 spiro atoms. The second kappa shape index (κ2) is 7.88. The Labute approximate surface area is 110 Å². The lowest BCUT2D eigenvalue weighted by Crippen LogP contribution is -2.32. The summed E-state index contributed by atoms with van der Waals surface area (Å²) in [6.45, 7) is 5.86. The summed E-state index contributed by atoms with van der Waals surface area (Å²) < 4.78 is 0. The van der Waals surface area contributed by atoms with E-state index in [0.29, 0.717) is 12.3 Å². The molecule has 1 aromatic carbocycles. The predicted molar refractivity (Wildman–Crippen MR) is 75.6 cm³/mol. The third kappa shape index (κ3) is 5.82. The van der Waals surface area contributed by atoms with E-state index in [1.807, 2.05) is 7.05 Å². The third-order valence-electron chi connectivity index (χ3n) is 2.96. The fraction of sp³-hybridized carbons (Fsp3) is 0.533. The second-order valence-corrected chi connectivity index (χ2v) is 4.95. The lowest BCUT2D eigenvalue weighted by molar-refractivity contribution is -0.121. The number of aryl methyl sites for hydroxylation is 2. The minimum Gasteiger partial charge on any atom is -0.356 e. The quantitative estimate of drug-likeness (QED) is 0.774. The van der Waals surface area contributed by atoms with Gasteiger partial charge in [-0.3, -0.25) is 4.79 Å². The number of hydrogen-bond acceptors (Lipinski definition) is 2. The van der Waals surface area contributed by atoms with Crippen molar-refractivity contribution in [1.29, 1.82) is 0 Å². The van der Waals surface area contributed by atoms with Gasteiger partial charge in [0.15, 0.2) is 0 Å². The molecule has 1 unspecified atom stereocenters. The van der Waals surface area contributed by atoms with Gasteiger partial charge < -0.3 is 10.6 Å². The number of hydrogen-bond donors (Lipinski definition) is 2. The van der Waals surface area contributed by atoms with Crippen LogP contribution in [0.4, 0.5) is 0 Å². The molecular formula is C15H24N2O. The van der Waals surface area contributed by atoms with Crippen LogP contribution in [-0.4, -0.2) is 26.0 Å². The van der Waals surface area contributed by atoms with Gasteiger partial charge in [0.2, 0.25) is 5.91 Å². The SMILES string of the molecule is CNCC(C)CNC(=O)CCc1ccc(C)cc1. The minimum atomic E-state index is 0.138. The zero-order valence-corrected chi connectivity index (χ0v) is 11.6. The third-order valence-corrected chi connectivity index (χ3v) is 2.96. The van der Waals surface area contributed by atoms with Crippen LogP contribution in [0.5, 0.6) is 0 Å². The molecular weight excluding hydrogens is 224 g/mol. The van der Waals surface area contributed by atoms with Crippen LogP contribution in [-0.2, 0) is 11.2 Å². The van der Waals surface area contributed by atoms with E-state index in [9.17, 15) is 4.79 Å². The molecule has 0 saturated carbocycles. The Morgan fingerprint density at radius 2 is 1.89 bits per heavy atom. The van der Waals surface area contributed by atoms with Gasteiger partial charge in [-0.1, -0.05) is 36.8 Å². The van der Waals surface area contributed by atoms with Gasteiger partial charge in [-0.25, -0.2) is 0 Å². The molecule has 1 rings (SSSR count). The van der Waals surface area contributed by atoms with Crippen LogP contribution in [0.1, 0.15) is 24.5 Å². The summed E-state index contributed by atoms with van der Waals surface area (Å²) in [6.07, 6.45) is 1.38. The summed E-state index contributed by atoms with van der Waals surface area (Å²) in [5.41, 5.74) is 2.48. The first kappa shape index (κ1) is 14.7. The van der Waals surface area contributed by atoms with Gasteiger partial charge >= 0.3 is 0 Å². The summed E-state index contributed by atoms with van der Waals surface area (Å²) in [5.74, 6) is 0.608. The molecule has 0 aliphatic heterocycles. The maximum Gasteiger partial charge on any atom is 0.220 e. The highest BCUT2D eigenvalue weighted by atomic mass is 16.1. The Kier molecular flexibility index (Phi) is 6.44. The Hall–Kier alpha value is -1.35. The van der Waals surface area contributed by atoms with Crippen molar-refractivity contribution in [2.45, 2.75) is 26.7 Å². The molecule has 1 aromatic rings. The molecule has 1 atom stereocenters. The van der Waals surface area contributed by atoms with Crippen molar-refractivity contribution in [2.75, 3.05) is 20.1 Å². The summed E-state index contributed by atoms with van der Waals surface area (Å²) in [4.78, 5) is 11.7. The van der Waals surface area contributed by atoms with Crippen LogP contribution in [0.2, 0.25) is 0 Å². The van der Waals surface area contributed by atoms with Crippen LogP contribution in [0.15, 0.2) is 24.3 Å². The maximum atomic E-state index is 11.7. The van der Waals surface area contributed by atoms with Gasteiger partial charge in [-0.2, -0.15) is 0 Å². The van der Waals surface area contributed by atoms with Crippen molar-refractivity contribution in [3.8, 4) is 0 Å². The Bertz CT molecular complexity index is 359. The molecule has 2 N–H and O–H groups in total. The van der Waals surface area contributed by atoms with Crippen molar-refractivity contribution in [1.82, 2.24) is 10.6 Å². The molecule has 0 saturated heterocycles. The standard InChI is InChI=1S/C15H24N2O/c1-12-4-6-14(7-5-12)8-9-15(18)17-11-13(2)10-16-3/h4-7,13,16H,8-11H2,1-3H3,(H,17,18). The first-order valence-electron chi connectivity index (χ1n) is 6.58. The van der Waals surface area contributed by atoms with Crippen molar-refractivity contribution in [3.05, 3.63) is 35.4 Å². The van der Waals surface area contributed by atoms with Gasteiger partial charge in [-0.15, -0.1) is 0 Å². The molecule has 3 nitrogen and oxygen atoms in total. The zero-order chi connectivity index (χ0) is 13.4. The maximum absolute atomic E-state index is 11.7. The van der Waals surface area contributed by atoms with Crippen LogP contribution < -0.4 is 10.6 Å². The molecule has 0 aliphatic carbocycles. The van der Waals surface area contributed by atoms with E-state index in [1.165, 1.54) is 11.1 Å². The number of nitrogens with one attached hydrogen (secondary N) is 2. The highest BCUT2D eigenvalue weighted by Crippen LogP contribution is 2.05. The molecule has 0 fully saturated rings. The average Bonchev–Trinajstić information content (AvgIpc) is 2.36. The van der Waals surface area contributed by atoms with Crippen LogP contribution in [0.25, 0.3) is 0 Å². The molecule has 0 aliphatic rings. The van der Waals surface area contributed by atoms with Gasteiger partial charge in [-0.05, 0) is 38.4 Å². The van der Waals surface area contributed by atoms with Crippen LogP contribution >= 0.6 is 0 Å². The molecule has 0 bridgehead atoms. The molecule has 100 valence electrons. The number of carbonyl (C=O) groups is 1. The lowest BCUT2D eigenvalue weighted by atomic mass is 10.1. The predicted octanol–water partition coefficient (Wildman–Crippen LogP) is 1.90. The fourth-order valence-corrected chi connectivity index (χ4v) is 1.81. The van der Waals surface area contributed by atoms with Crippen LogP contribution in [0.3, 0.4) is 0 Å². The molecule has 3 heteroatoms. The highest BCUT2D eigenvalue weighted by molar-refractivity contribution is 5.76. The van der Waals surface area contributed by atoms with Crippen molar-refractivity contribution >= 4 is 5.91 Å². The number of carbonyl (C=O) groups excluding carboxylic acids is 1. The molecule has 1 amide bonds. The van der Waals surface area contributed by atoms with Crippen molar-refractivity contribution < 1.29 is 4.79 Å². The van der Waals surface area contributed by atoms with Crippen molar-refractivity contribution in [3.63, 3.8) is 0 Å². The number of rotatable bonds is 7. The second-order valence-electron chi connectivity index (χ2n) is 4.95. The average molecular weight is 248 g/mol. The van der Waals surface area contributed by atoms with E-state index >= 15 is 0 Å². The summed E-state index contributed by atoms with van der Waals surface area (Å²) >= 11 is 0. The van der Waals surface area contributed by atoms with Gasteiger partial charge in [0, 0.05) is 13.0 Å². The Morgan fingerprint density at radius 1 is 1.22 bits per heavy atom. The Morgan fingerprint density at radius 3 is 2.50 bits per heavy atom. The topological polar surface area (TPSA) is 41.1 Å². The van der Waals surface area contributed by atoms with E-state index in [2.05, 4.69) is 48.7 Å². The summed E-state index contributed by atoms with van der Waals surface area (Å²) in [7, 11) is 1.93. The van der Waals surface area contributed by atoms with E-state index in [1.54, 1.807) is 0 Å². The molecule has 0 aromatic heterocycles. The van der Waals surface area contributed by atoms with Gasteiger partial charge in [0.1, 0.15) is 0 Å². The van der Waals surface area contributed by atoms with E-state index in [4.69, 9.17) is 0 Å².